The number of nitrogens with zero attached hydrogens (tertiary/aromatic N) is 1. The Morgan fingerprint density at radius 2 is 1.83 bits per heavy atom. The molecule has 0 fully saturated rings. The number of hydrogen-bond donors (Lipinski definition) is 1. The van der Waals surface area contributed by atoms with E-state index in [2.05, 4.69) is 4.74 Å². The molecule has 8 heteroatoms. The standard InChI is InChI=1S/C15H13NO7/c1-21-15(18)9-22-11-3-5-12(6-4-11)23-14-8-10(17)2-7-13(14)16(19)20/h2-8,17H,9H2,1H3. The second-order valence-corrected chi connectivity index (χ2v) is 4.35. The number of esters is 1. The summed E-state index contributed by atoms with van der Waals surface area (Å²) in [6, 6.07) is 9.60. The number of nitro groups is 1. The molecule has 0 aliphatic carbocycles. The quantitative estimate of drug-likeness (QED) is 0.495. The molecule has 0 aliphatic rings. The molecule has 0 amide bonds. The van der Waals surface area contributed by atoms with Crippen molar-refractivity contribution in [3.63, 3.8) is 0 Å². The lowest BCUT2D eigenvalue weighted by molar-refractivity contribution is -0.385. The van der Waals surface area contributed by atoms with Crippen LogP contribution in [-0.4, -0.2) is 29.7 Å². The Morgan fingerprint density at radius 3 is 2.43 bits per heavy atom. The zero-order valence-corrected chi connectivity index (χ0v) is 12.1. The van der Waals surface area contributed by atoms with E-state index in [1.807, 2.05) is 0 Å². The lowest BCUT2D eigenvalue weighted by Crippen LogP contribution is -2.12. The molecular formula is C15H13NO7. The highest BCUT2D eigenvalue weighted by Crippen LogP contribution is 2.34. The minimum absolute atomic E-state index is 0.0850. The molecule has 0 saturated carbocycles. The number of aromatic hydroxyl groups is 1. The molecule has 0 aromatic heterocycles. The maximum atomic E-state index is 11.0. The Balaban J connectivity index is 2.11. The van der Waals surface area contributed by atoms with Gasteiger partial charge in [-0.3, -0.25) is 10.1 Å². The number of phenolic OH excluding ortho intramolecular Hbond substituents is 1. The van der Waals surface area contributed by atoms with Crippen LogP contribution in [0, 0.1) is 10.1 Å². The molecule has 8 nitrogen and oxygen atoms in total. The molecule has 0 aliphatic heterocycles. The van der Waals surface area contributed by atoms with E-state index in [-0.39, 0.29) is 23.8 Å². The first-order valence-corrected chi connectivity index (χ1v) is 6.44. The van der Waals surface area contributed by atoms with Gasteiger partial charge < -0.3 is 19.3 Å². The van der Waals surface area contributed by atoms with E-state index in [1.165, 1.54) is 37.4 Å². The third-order valence-electron chi connectivity index (χ3n) is 2.78. The largest absolute Gasteiger partial charge is 0.508 e. The summed E-state index contributed by atoms with van der Waals surface area (Å²) in [6.45, 7) is -0.227. The van der Waals surface area contributed by atoms with Gasteiger partial charge in [0.15, 0.2) is 6.61 Å². The van der Waals surface area contributed by atoms with Crippen LogP contribution < -0.4 is 9.47 Å². The predicted octanol–water partition coefficient (Wildman–Crippen LogP) is 2.64. The van der Waals surface area contributed by atoms with Crippen molar-refractivity contribution < 1.29 is 29.0 Å². The zero-order valence-electron chi connectivity index (χ0n) is 12.1. The number of carbonyl (C=O) groups excluding carboxylic acids is 1. The van der Waals surface area contributed by atoms with Gasteiger partial charge in [0.1, 0.15) is 17.2 Å². The van der Waals surface area contributed by atoms with Gasteiger partial charge in [0.25, 0.3) is 0 Å². The summed E-state index contributed by atoms with van der Waals surface area (Å²) >= 11 is 0. The summed E-state index contributed by atoms with van der Waals surface area (Å²) in [7, 11) is 1.25. The fourth-order valence-corrected chi connectivity index (χ4v) is 1.67. The fourth-order valence-electron chi connectivity index (χ4n) is 1.67. The van der Waals surface area contributed by atoms with Crippen LogP contribution in [0.5, 0.6) is 23.0 Å². The summed E-state index contributed by atoms with van der Waals surface area (Å²) in [6.07, 6.45) is 0. The van der Waals surface area contributed by atoms with Gasteiger partial charge in [-0.05, 0) is 30.3 Å². The highest BCUT2D eigenvalue weighted by molar-refractivity contribution is 5.70. The van der Waals surface area contributed by atoms with Crippen molar-refractivity contribution in [1.29, 1.82) is 0 Å². The number of rotatable bonds is 6. The molecule has 2 aromatic rings. The Labute approximate surface area is 131 Å². The second-order valence-electron chi connectivity index (χ2n) is 4.35. The van der Waals surface area contributed by atoms with Crippen LogP contribution in [0.3, 0.4) is 0 Å². The minimum Gasteiger partial charge on any atom is -0.508 e. The van der Waals surface area contributed by atoms with Gasteiger partial charge in [0, 0.05) is 12.1 Å². The van der Waals surface area contributed by atoms with E-state index in [9.17, 15) is 20.0 Å². The van der Waals surface area contributed by atoms with Crippen molar-refractivity contribution in [2.75, 3.05) is 13.7 Å². The highest BCUT2D eigenvalue weighted by Gasteiger charge is 2.16. The molecule has 0 bridgehead atoms. The van der Waals surface area contributed by atoms with E-state index in [1.54, 1.807) is 0 Å². The van der Waals surface area contributed by atoms with Gasteiger partial charge in [0.05, 0.1) is 12.0 Å². The third kappa shape index (κ3) is 4.34. The molecular weight excluding hydrogens is 306 g/mol. The van der Waals surface area contributed by atoms with Crippen LogP contribution in [0.15, 0.2) is 42.5 Å². The topological polar surface area (TPSA) is 108 Å². The van der Waals surface area contributed by atoms with E-state index in [0.717, 1.165) is 12.1 Å². The smallest absolute Gasteiger partial charge is 0.343 e. The molecule has 2 rings (SSSR count). The van der Waals surface area contributed by atoms with E-state index in [4.69, 9.17) is 9.47 Å². The van der Waals surface area contributed by atoms with Gasteiger partial charge in [0.2, 0.25) is 5.75 Å². The molecule has 0 heterocycles. The number of phenols is 1. The van der Waals surface area contributed by atoms with E-state index >= 15 is 0 Å². The molecule has 0 radical (unpaired) electrons. The number of hydrogen-bond acceptors (Lipinski definition) is 7. The van der Waals surface area contributed by atoms with Crippen molar-refractivity contribution in [1.82, 2.24) is 0 Å². The molecule has 0 atom stereocenters. The maximum Gasteiger partial charge on any atom is 0.343 e. The third-order valence-corrected chi connectivity index (χ3v) is 2.78. The molecule has 1 N–H and O–H groups in total. The van der Waals surface area contributed by atoms with Crippen LogP contribution >= 0.6 is 0 Å². The van der Waals surface area contributed by atoms with Crippen molar-refractivity contribution in [3.05, 3.63) is 52.6 Å². The molecule has 0 unspecified atom stereocenters. The molecule has 0 saturated heterocycles. The Bertz CT molecular complexity index is 712. The molecule has 2 aromatic carbocycles. The average molecular weight is 319 g/mol. The first-order valence-electron chi connectivity index (χ1n) is 6.44. The number of ether oxygens (including phenoxy) is 3. The Morgan fingerprint density at radius 1 is 1.17 bits per heavy atom. The lowest BCUT2D eigenvalue weighted by Gasteiger charge is -2.08. The zero-order chi connectivity index (χ0) is 16.8. The van der Waals surface area contributed by atoms with Crippen LogP contribution in [0.2, 0.25) is 0 Å². The van der Waals surface area contributed by atoms with Gasteiger partial charge in [-0.15, -0.1) is 0 Å². The Kier molecular flexibility index (Phi) is 4.98. The average Bonchev–Trinajstić information content (AvgIpc) is 2.53. The van der Waals surface area contributed by atoms with Crippen LogP contribution in [0.4, 0.5) is 5.69 Å². The SMILES string of the molecule is COC(=O)COc1ccc(Oc2cc(O)ccc2[N+](=O)[O-])cc1. The number of benzene rings is 2. The van der Waals surface area contributed by atoms with E-state index < -0.39 is 10.9 Å². The molecule has 23 heavy (non-hydrogen) atoms. The normalized spacial score (nSPS) is 9.96. The predicted molar refractivity (Wildman–Crippen MR) is 78.8 cm³/mol. The fraction of sp³-hybridized carbons (Fsp3) is 0.133. The van der Waals surface area contributed by atoms with E-state index in [0.29, 0.717) is 11.5 Å². The van der Waals surface area contributed by atoms with Crippen LogP contribution in [-0.2, 0) is 9.53 Å². The summed E-state index contributed by atoms with van der Waals surface area (Å²) in [4.78, 5) is 21.3. The first-order chi connectivity index (χ1) is 11.0. The molecule has 120 valence electrons. The number of nitro benzene ring substituents is 1. The van der Waals surface area contributed by atoms with Gasteiger partial charge in [-0.25, -0.2) is 4.79 Å². The summed E-state index contributed by atoms with van der Waals surface area (Å²) < 4.78 is 15.0. The van der Waals surface area contributed by atoms with Crippen molar-refractivity contribution in [2.45, 2.75) is 0 Å². The van der Waals surface area contributed by atoms with Crippen LogP contribution in [0.25, 0.3) is 0 Å². The highest BCUT2D eigenvalue weighted by atomic mass is 16.6. The number of methoxy groups -OCH3 is 1. The summed E-state index contributed by atoms with van der Waals surface area (Å²) in [5, 5.41) is 20.4. The first kappa shape index (κ1) is 16.1. The molecule has 0 spiro atoms. The monoisotopic (exact) mass is 319 g/mol. The van der Waals surface area contributed by atoms with Gasteiger partial charge in [-0.2, -0.15) is 0 Å². The second kappa shape index (κ2) is 7.12. The Hall–Kier alpha value is -3.29. The summed E-state index contributed by atoms with van der Waals surface area (Å²) in [5.74, 6) is -0.0279. The summed E-state index contributed by atoms with van der Waals surface area (Å²) in [5.41, 5.74) is -0.270. The van der Waals surface area contributed by atoms with Crippen molar-refractivity contribution in [2.24, 2.45) is 0 Å². The minimum atomic E-state index is -0.609. The van der Waals surface area contributed by atoms with Crippen molar-refractivity contribution in [3.8, 4) is 23.0 Å². The lowest BCUT2D eigenvalue weighted by atomic mass is 10.2. The van der Waals surface area contributed by atoms with Crippen molar-refractivity contribution >= 4 is 11.7 Å². The number of carbonyl (C=O) groups is 1. The van der Waals surface area contributed by atoms with Crippen LogP contribution in [0.1, 0.15) is 0 Å². The maximum absolute atomic E-state index is 11.0. The van der Waals surface area contributed by atoms with Gasteiger partial charge >= 0.3 is 11.7 Å². The van der Waals surface area contributed by atoms with Gasteiger partial charge in [-0.1, -0.05) is 0 Å².